The molecule has 0 amide bonds. The van der Waals surface area contributed by atoms with Crippen molar-refractivity contribution < 1.29 is 9.15 Å². The van der Waals surface area contributed by atoms with Gasteiger partial charge in [-0.1, -0.05) is 55.3 Å². The van der Waals surface area contributed by atoms with Gasteiger partial charge in [0, 0.05) is 17.5 Å². The second kappa shape index (κ2) is 7.10. The second-order valence-electron chi connectivity index (χ2n) is 5.79. The van der Waals surface area contributed by atoms with Gasteiger partial charge in [-0.3, -0.25) is 0 Å². The van der Waals surface area contributed by atoms with Crippen molar-refractivity contribution in [1.82, 2.24) is 0 Å². The predicted octanol–water partition coefficient (Wildman–Crippen LogP) is 5.54. The van der Waals surface area contributed by atoms with Gasteiger partial charge in [0.25, 0.3) is 0 Å². The third-order valence-electron chi connectivity index (χ3n) is 3.97. The summed E-state index contributed by atoms with van der Waals surface area (Å²) in [6.45, 7) is 4.03. The lowest BCUT2D eigenvalue weighted by molar-refractivity contribution is 0.227. The minimum absolute atomic E-state index is 0.160. The Labute approximate surface area is 145 Å². The molecule has 0 fully saturated rings. The molecule has 0 aliphatic heterocycles. The Morgan fingerprint density at radius 1 is 1.17 bits per heavy atom. The monoisotopic (exact) mass is 342 g/mol. The molecular formula is C20H19ClO3. The third kappa shape index (κ3) is 3.46. The van der Waals surface area contributed by atoms with Crippen molar-refractivity contribution in [1.29, 1.82) is 0 Å². The largest absolute Gasteiger partial charge is 0.484 e. The normalized spacial score (nSPS) is 12.3. The van der Waals surface area contributed by atoms with Crippen LogP contribution >= 0.6 is 11.6 Å². The number of fused-ring (bicyclic) bond motifs is 1. The quantitative estimate of drug-likeness (QED) is 0.571. The van der Waals surface area contributed by atoms with E-state index in [4.69, 9.17) is 20.8 Å². The van der Waals surface area contributed by atoms with Gasteiger partial charge in [0.05, 0.1) is 5.02 Å². The first-order chi connectivity index (χ1) is 11.6. The number of halogens is 1. The van der Waals surface area contributed by atoms with Gasteiger partial charge in [0.2, 0.25) is 0 Å². The molecule has 24 heavy (non-hydrogen) atoms. The van der Waals surface area contributed by atoms with E-state index in [0.717, 1.165) is 29.4 Å². The van der Waals surface area contributed by atoms with E-state index in [1.807, 2.05) is 43.3 Å². The summed E-state index contributed by atoms with van der Waals surface area (Å²) in [5, 5.41) is 1.37. The van der Waals surface area contributed by atoms with Crippen molar-refractivity contribution in [3.63, 3.8) is 0 Å². The summed E-state index contributed by atoms with van der Waals surface area (Å²) in [5.74, 6) is 0.511. The standard InChI is InChI=1S/C20H19ClO3/c1-3-7-15-10-20(22)24-18-12-19(17(21)11-16(15)18)23-13(2)14-8-5-4-6-9-14/h4-6,8-13H,3,7H2,1-2H3/t13-/m1/s1. The second-order valence-corrected chi connectivity index (χ2v) is 6.20. The van der Waals surface area contributed by atoms with Gasteiger partial charge in [0.15, 0.2) is 0 Å². The summed E-state index contributed by atoms with van der Waals surface area (Å²) in [6, 6.07) is 15.0. The van der Waals surface area contributed by atoms with Crippen LogP contribution in [0.25, 0.3) is 11.0 Å². The van der Waals surface area contributed by atoms with E-state index in [1.165, 1.54) is 6.07 Å². The molecular weight excluding hydrogens is 324 g/mol. The first kappa shape index (κ1) is 16.6. The zero-order valence-corrected chi connectivity index (χ0v) is 14.5. The molecule has 124 valence electrons. The van der Waals surface area contributed by atoms with Crippen molar-refractivity contribution >= 4 is 22.6 Å². The van der Waals surface area contributed by atoms with E-state index in [0.29, 0.717) is 16.4 Å². The van der Waals surface area contributed by atoms with Crippen LogP contribution in [0, 0.1) is 0 Å². The molecule has 0 radical (unpaired) electrons. The number of hydrogen-bond donors (Lipinski definition) is 0. The van der Waals surface area contributed by atoms with Gasteiger partial charge in [-0.05, 0) is 30.5 Å². The maximum atomic E-state index is 11.8. The highest BCUT2D eigenvalue weighted by Crippen LogP contribution is 2.34. The van der Waals surface area contributed by atoms with Crippen LogP contribution in [0.1, 0.15) is 37.5 Å². The van der Waals surface area contributed by atoms with Crippen LogP contribution in [-0.4, -0.2) is 0 Å². The first-order valence-electron chi connectivity index (χ1n) is 8.06. The topological polar surface area (TPSA) is 39.4 Å². The molecule has 3 aromatic rings. The van der Waals surface area contributed by atoms with Crippen LogP contribution in [-0.2, 0) is 6.42 Å². The molecule has 0 aliphatic rings. The lowest BCUT2D eigenvalue weighted by Gasteiger charge is -2.17. The number of rotatable bonds is 5. The van der Waals surface area contributed by atoms with Crippen LogP contribution in [0.3, 0.4) is 0 Å². The molecule has 4 heteroatoms. The van der Waals surface area contributed by atoms with Crippen molar-refractivity contribution in [3.8, 4) is 5.75 Å². The van der Waals surface area contributed by atoms with E-state index in [2.05, 4.69) is 6.92 Å². The van der Waals surface area contributed by atoms with E-state index in [9.17, 15) is 4.79 Å². The van der Waals surface area contributed by atoms with Gasteiger partial charge in [-0.2, -0.15) is 0 Å². The van der Waals surface area contributed by atoms with E-state index in [1.54, 1.807) is 6.07 Å². The van der Waals surface area contributed by atoms with Crippen LogP contribution in [0.2, 0.25) is 5.02 Å². The molecule has 0 unspecified atom stereocenters. The Hall–Kier alpha value is -2.26. The molecule has 3 rings (SSSR count). The molecule has 0 spiro atoms. The highest BCUT2D eigenvalue weighted by Gasteiger charge is 2.14. The van der Waals surface area contributed by atoms with Gasteiger partial charge in [0.1, 0.15) is 17.4 Å². The van der Waals surface area contributed by atoms with Crippen LogP contribution in [0.4, 0.5) is 0 Å². The fourth-order valence-electron chi connectivity index (χ4n) is 2.78. The Morgan fingerprint density at radius 2 is 1.92 bits per heavy atom. The molecule has 0 aliphatic carbocycles. The number of ether oxygens (including phenoxy) is 1. The van der Waals surface area contributed by atoms with E-state index >= 15 is 0 Å². The van der Waals surface area contributed by atoms with Gasteiger partial charge in [-0.15, -0.1) is 0 Å². The lowest BCUT2D eigenvalue weighted by Crippen LogP contribution is -2.04. The van der Waals surface area contributed by atoms with Crippen LogP contribution in [0.15, 0.2) is 57.7 Å². The average Bonchev–Trinajstić information content (AvgIpc) is 2.57. The molecule has 0 saturated carbocycles. The molecule has 0 bridgehead atoms. The fraction of sp³-hybridized carbons (Fsp3) is 0.250. The summed E-state index contributed by atoms with van der Waals surface area (Å²) in [6.07, 6.45) is 1.59. The summed E-state index contributed by atoms with van der Waals surface area (Å²) in [5.41, 5.74) is 2.16. The van der Waals surface area contributed by atoms with Gasteiger partial charge >= 0.3 is 5.63 Å². The summed E-state index contributed by atoms with van der Waals surface area (Å²) in [4.78, 5) is 11.8. The van der Waals surface area contributed by atoms with Gasteiger partial charge < -0.3 is 9.15 Å². The smallest absolute Gasteiger partial charge is 0.336 e. The molecule has 1 aromatic heterocycles. The zero-order chi connectivity index (χ0) is 17.1. The lowest BCUT2D eigenvalue weighted by atomic mass is 10.1. The van der Waals surface area contributed by atoms with Crippen molar-refractivity contribution in [2.45, 2.75) is 32.8 Å². The molecule has 0 saturated heterocycles. The Bertz CT molecular complexity index is 900. The van der Waals surface area contributed by atoms with Crippen molar-refractivity contribution in [2.75, 3.05) is 0 Å². The number of benzene rings is 2. The van der Waals surface area contributed by atoms with Crippen LogP contribution < -0.4 is 10.4 Å². The van der Waals surface area contributed by atoms with Crippen molar-refractivity contribution in [3.05, 3.63) is 75.1 Å². The molecule has 0 N–H and O–H groups in total. The third-order valence-corrected chi connectivity index (χ3v) is 4.27. The minimum Gasteiger partial charge on any atom is -0.484 e. The number of aryl methyl sites for hydroxylation is 1. The summed E-state index contributed by atoms with van der Waals surface area (Å²) >= 11 is 6.40. The van der Waals surface area contributed by atoms with Crippen LogP contribution in [0.5, 0.6) is 5.75 Å². The molecule has 1 atom stereocenters. The van der Waals surface area contributed by atoms with E-state index < -0.39 is 0 Å². The molecule has 2 aromatic carbocycles. The van der Waals surface area contributed by atoms with Gasteiger partial charge in [-0.25, -0.2) is 4.79 Å². The maximum Gasteiger partial charge on any atom is 0.336 e. The maximum absolute atomic E-state index is 11.8. The Morgan fingerprint density at radius 3 is 2.62 bits per heavy atom. The fourth-order valence-corrected chi connectivity index (χ4v) is 2.99. The molecule has 3 nitrogen and oxygen atoms in total. The first-order valence-corrected chi connectivity index (χ1v) is 8.44. The Kier molecular flexibility index (Phi) is 4.91. The highest BCUT2D eigenvalue weighted by molar-refractivity contribution is 6.32. The SMILES string of the molecule is CCCc1cc(=O)oc2cc(O[C@H](C)c3ccccc3)c(Cl)cc12. The summed E-state index contributed by atoms with van der Waals surface area (Å²) in [7, 11) is 0. The zero-order valence-electron chi connectivity index (χ0n) is 13.7. The van der Waals surface area contributed by atoms with Crippen molar-refractivity contribution in [2.24, 2.45) is 0 Å². The minimum atomic E-state index is -0.352. The highest BCUT2D eigenvalue weighted by atomic mass is 35.5. The molecule has 1 heterocycles. The Balaban J connectivity index is 2.00. The van der Waals surface area contributed by atoms with E-state index in [-0.39, 0.29) is 11.7 Å². The average molecular weight is 343 g/mol. The number of hydrogen-bond acceptors (Lipinski definition) is 3. The summed E-state index contributed by atoms with van der Waals surface area (Å²) < 4.78 is 11.3. The predicted molar refractivity (Wildman–Crippen MR) is 97.0 cm³/mol.